The minimum absolute atomic E-state index is 0.0717. The fraction of sp³-hybridized carbons (Fsp3) is 0.538. The standard InChI is InChI=1S/C13H18O2/c1-9-11-6-4-3-5-10(11)7-13(15-2)12(9)8-14/h7,14H,3-6,8H2,1-2H3. The molecule has 1 aliphatic rings. The fourth-order valence-corrected chi connectivity index (χ4v) is 2.51. The molecule has 2 rings (SSSR count). The van der Waals surface area contributed by atoms with Crippen LogP contribution in [0.5, 0.6) is 5.75 Å². The monoisotopic (exact) mass is 206 g/mol. The van der Waals surface area contributed by atoms with Crippen molar-refractivity contribution < 1.29 is 9.84 Å². The maximum atomic E-state index is 9.35. The summed E-state index contributed by atoms with van der Waals surface area (Å²) in [6.07, 6.45) is 4.84. The van der Waals surface area contributed by atoms with Crippen molar-refractivity contribution in [2.24, 2.45) is 0 Å². The van der Waals surface area contributed by atoms with E-state index in [-0.39, 0.29) is 6.61 Å². The summed E-state index contributed by atoms with van der Waals surface area (Å²) in [4.78, 5) is 0. The van der Waals surface area contributed by atoms with Gasteiger partial charge in [0.15, 0.2) is 0 Å². The lowest BCUT2D eigenvalue weighted by molar-refractivity contribution is 0.272. The maximum absolute atomic E-state index is 9.35. The van der Waals surface area contributed by atoms with Crippen molar-refractivity contribution in [3.63, 3.8) is 0 Å². The number of aliphatic hydroxyl groups is 1. The normalized spacial score (nSPS) is 14.9. The van der Waals surface area contributed by atoms with Crippen LogP contribution < -0.4 is 4.74 Å². The van der Waals surface area contributed by atoms with Crippen molar-refractivity contribution >= 4 is 0 Å². The molecule has 0 fully saturated rings. The van der Waals surface area contributed by atoms with Gasteiger partial charge in [-0.2, -0.15) is 0 Å². The molecule has 0 saturated heterocycles. The summed E-state index contributed by atoms with van der Waals surface area (Å²) in [5.74, 6) is 0.843. The summed E-state index contributed by atoms with van der Waals surface area (Å²) in [5, 5.41) is 9.35. The Morgan fingerprint density at radius 3 is 2.73 bits per heavy atom. The van der Waals surface area contributed by atoms with Gasteiger partial charge in [0.1, 0.15) is 5.75 Å². The minimum Gasteiger partial charge on any atom is -0.496 e. The van der Waals surface area contributed by atoms with Crippen LogP contribution >= 0.6 is 0 Å². The molecule has 1 aliphatic carbocycles. The van der Waals surface area contributed by atoms with Crippen LogP contribution in [0.2, 0.25) is 0 Å². The average Bonchev–Trinajstić information content (AvgIpc) is 2.29. The van der Waals surface area contributed by atoms with Gasteiger partial charge < -0.3 is 9.84 Å². The molecule has 0 atom stereocenters. The molecular formula is C13H18O2. The molecule has 82 valence electrons. The molecule has 2 nitrogen and oxygen atoms in total. The summed E-state index contributed by atoms with van der Waals surface area (Å²) >= 11 is 0. The van der Waals surface area contributed by atoms with Crippen LogP contribution in [0.1, 0.15) is 35.1 Å². The molecule has 1 aromatic carbocycles. The minimum atomic E-state index is 0.0717. The molecule has 2 heteroatoms. The van der Waals surface area contributed by atoms with Gasteiger partial charge in [0, 0.05) is 5.56 Å². The lowest BCUT2D eigenvalue weighted by Crippen LogP contribution is -2.08. The van der Waals surface area contributed by atoms with Gasteiger partial charge in [-0.05, 0) is 55.4 Å². The van der Waals surface area contributed by atoms with Gasteiger partial charge in [-0.1, -0.05) is 0 Å². The molecule has 0 radical (unpaired) electrons. The first kappa shape index (κ1) is 10.5. The number of methoxy groups -OCH3 is 1. The van der Waals surface area contributed by atoms with Gasteiger partial charge >= 0.3 is 0 Å². The predicted molar refractivity (Wildman–Crippen MR) is 60.3 cm³/mol. The smallest absolute Gasteiger partial charge is 0.124 e. The van der Waals surface area contributed by atoms with Crippen LogP contribution in [0.15, 0.2) is 6.07 Å². The van der Waals surface area contributed by atoms with E-state index in [4.69, 9.17) is 4.74 Å². The van der Waals surface area contributed by atoms with Crippen molar-refractivity contribution in [3.8, 4) is 5.75 Å². The third-order valence-electron chi connectivity index (χ3n) is 3.40. The summed E-state index contributed by atoms with van der Waals surface area (Å²) in [6, 6.07) is 2.10. The summed E-state index contributed by atoms with van der Waals surface area (Å²) in [5.41, 5.74) is 5.03. The third kappa shape index (κ3) is 1.74. The SMILES string of the molecule is COc1cc2c(c(C)c1CO)CCCC2. The van der Waals surface area contributed by atoms with Crippen molar-refractivity contribution in [2.45, 2.75) is 39.2 Å². The van der Waals surface area contributed by atoms with E-state index in [0.29, 0.717) is 0 Å². The van der Waals surface area contributed by atoms with E-state index in [0.717, 1.165) is 24.2 Å². The molecule has 0 aromatic heterocycles. The Balaban J connectivity index is 2.57. The van der Waals surface area contributed by atoms with Crippen molar-refractivity contribution in [2.75, 3.05) is 7.11 Å². The first-order valence-electron chi connectivity index (χ1n) is 5.57. The Bertz CT molecular complexity index is 355. The maximum Gasteiger partial charge on any atom is 0.124 e. The number of hydrogen-bond acceptors (Lipinski definition) is 2. The number of benzene rings is 1. The van der Waals surface area contributed by atoms with Gasteiger partial charge in [0.2, 0.25) is 0 Å². The number of ether oxygens (including phenoxy) is 1. The Hall–Kier alpha value is -1.02. The fourth-order valence-electron chi connectivity index (χ4n) is 2.51. The van der Waals surface area contributed by atoms with Crippen LogP contribution in [-0.2, 0) is 19.4 Å². The predicted octanol–water partition coefficient (Wildman–Crippen LogP) is 2.37. The molecule has 0 aliphatic heterocycles. The van der Waals surface area contributed by atoms with Crippen molar-refractivity contribution in [3.05, 3.63) is 28.3 Å². The molecule has 0 bridgehead atoms. The molecule has 1 aromatic rings. The zero-order valence-corrected chi connectivity index (χ0v) is 9.47. The number of fused-ring (bicyclic) bond motifs is 1. The van der Waals surface area contributed by atoms with Gasteiger partial charge in [-0.3, -0.25) is 0 Å². The Kier molecular flexibility index (Phi) is 2.96. The van der Waals surface area contributed by atoms with E-state index in [1.807, 2.05) is 0 Å². The lowest BCUT2D eigenvalue weighted by atomic mass is 9.86. The van der Waals surface area contributed by atoms with Gasteiger partial charge in [-0.15, -0.1) is 0 Å². The number of hydrogen-bond donors (Lipinski definition) is 1. The average molecular weight is 206 g/mol. The van der Waals surface area contributed by atoms with Crippen LogP contribution in [0.25, 0.3) is 0 Å². The highest BCUT2D eigenvalue weighted by Crippen LogP contribution is 2.32. The highest BCUT2D eigenvalue weighted by atomic mass is 16.5. The van der Waals surface area contributed by atoms with Crippen LogP contribution in [0, 0.1) is 6.92 Å². The molecule has 0 amide bonds. The summed E-state index contributed by atoms with van der Waals surface area (Å²) < 4.78 is 5.32. The van der Waals surface area contributed by atoms with Crippen LogP contribution in [0.4, 0.5) is 0 Å². The molecule has 0 saturated carbocycles. The zero-order valence-electron chi connectivity index (χ0n) is 9.47. The van der Waals surface area contributed by atoms with E-state index in [2.05, 4.69) is 13.0 Å². The van der Waals surface area contributed by atoms with Crippen LogP contribution in [0.3, 0.4) is 0 Å². The van der Waals surface area contributed by atoms with Gasteiger partial charge in [-0.25, -0.2) is 0 Å². The van der Waals surface area contributed by atoms with E-state index < -0.39 is 0 Å². The molecule has 0 unspecified atom stereocenters. The van der Waals surface area contributed by atoms with Crippen molar-refractivity contribution in [1.82, 2.24) is 0 Å². The quantitative estimate of drug-likeness (QED) is 0.805. The largest absolute Gasteiger partial charge is 0.496 e. The second-order valence-corrected chi connectivity index (χ2v) is 4.19. The molecule has 0 heterocycles. The molecule has 0 spiro atoms. The van der Waals surface area contributed by atoms with E-state index in [1.54, 1.807) is 7.11 Å². The molecular weight excluding hydrogens is 188 g/mol. The number of aryl methyl sites for hydroxylation is 1. The summed E-state index contributed by atoms with van der Waals surface area (Å²) in [6.45, 7) is 2.17. The Labute approximate surface area is 90.9 Å². The second-order valence-electron chi connectivity index (χ2n) is 4.19. The van der Waals surface area contributed by atoms with Crippen molar-refractivity contribution in [1.29, 1.82) is 0 Å². The highest BCUT2D eigenvalue weighted by Gasteiger charge is 2.17. The Morgan fingerprint density at radius 2 is 2.07 bits per heavy atom. The van der Waals surface area contributed by atoms with E-state index in [9.17, 15) is 5.11 Å². The number of rotatable bonds is 2. The molecule has 1 N–H and O–H groups in total. The first-order valence-corrected chi connectivity index (χ1v) is 5.57. The number of aliphatic hydroxyl groups excluding tert-OH is 1. The summed E-state index contributed by atoms with van der Waals surface area (Å²) in [7, 11) is 1.67. The third-order valence-corrected chi connectivity index (χ3v) is 3.40. The first-order chi connectivity index (χ1) is 7.27. The van der Waals surface area contributed by atoms with Crippen LogP contribution in [-0.4, -0.2) is 12.2 Å². The van der Waals surface area contributed by atoms with E-state index in [1.165, 1.54) is 29.5 Å². The Morgan fingerprint density at radius 1 is 1.33 bits per heavy atom. The molecule has 15 heavy (non-hydrogen) atoms. The highest BCUT2D eigenvalue weighted by molar-refractivity contribution is 5.49. The second kappa shape index (κ2) is 4.23. The van der Waals surface area contributed by atoms with E-state index >= 15 is 0 Å². The lowest BCUT2D eigenvalue weighted by Gasteiger charge is -2.22. The topological polar surface area (TPSA) is 29.5 Å². The van der Waals surface area contributed by atoms with Gasteiger partial charge in [0.05, 0.1) is 13.7 Å². The zero-order chi connectivity index (χ0) is 10.8. The van der Waals surface area contributed by atoms with Gasteiger partial charge in [0.25, 0.3) is 0 Å².